The summed E-state index contributed by atoms with van der Waals surface area (Å²) in [5.74, 6) is 0.648. The van der Waals surface area contributed by atoms with Crippen LogP contribution in [-0.4, -0.2) is 15.0 Å². The van der Waals surface area contributed by atoms with E-state index in [4.69, 9.17) is 4.74 Å². The van der Waals surface area contributed by atoms with Crippen molar-refractivity contribution in [1.82, 2.24) is 0 Å². The number of aryl methyl sites for hydroxylation is 1. The Hall–Kier alpha value is -1.53. The first-order valence-corrected chi connectivity index (χ1v) is 8.72. The fourth-order valence-corrected chi connectivity index (χ4v) is 3.18. The van der Waals surface area contributed by atoms with Crippen LogP contribution in [0.4, 0.5) is 5.69 Å². The van der Waals surface area contributed by atoms with Gasteiger partial charge in [0.2, 0.25) is 0 Å². The molecule has 0 aliphatic heterocycles. The molecule has 112 valence electrons. The summed E-state index contributed by atoms with van der Waals surface area (Å²) in [5.41, 5.74) is 1.56. The number of hydrogen-bond acceptors (Lipinski definition) is 3. The van der Waals surface area contributed by atoms with Crippen LogP contribution in [0.3, 0.4) is 0 Å². The van der Waals surface area contributed by atoms with Crippen molar-refractivity contribution in [3.05, 3.63) is 52.5 Å². The summed E-state index contributed by atoms with van der Waals surface area (Å²) < 4.78 is 33.3. The average Bonchev–Trinajstić information content (AvgIpc) is 2.44. The van der Waals surface area contributed by atoms with Crippen LogP contribution in [0.2, 0.25) is 0 Å². The Bertz CT molecular complexity index is 727. The molecule has 6 heteroatoms. The first-order valence-electron chi connectivity index (χ1n) is 6.44. The molecule has 0 heterocycles. The fraction of sp³-hybridized carbons (Fsp3) is 0.200. The van der Waals surface area contributed by atoms with Crippen LogP contribution >= 0.6 is 15.9 Å². The van der Waals surface area contributed by atoms with Gasteiger partial charge in [-0.3, -0.25) is 4.72 Å². The molecule has 2 aromatic carbocycles. The highest BCUT2D eigenvalue weighted by Gasteiger charge is 2.14. The topological polar surface area (TPSA) is 55.4 Å². The number of hydrogen-bond donors (Lipinski definition) is 1. The van der Waals surface area contributed by atoms with Gasteiger partial charge in [-0.2, -0.15) is 0 Å². The summed E-state index contributed by atoms with van der Waals surface area (Å²) in [6.07, 6.45) is 0. The molecule has 2 rings (SSSR count). The van der Waals surface area contributed by atoms with E-state index in [1.54, 1.807) is 24.3 Å². The Morgan fingerprint density at radius 1 is 1.14 bits per heavy atom. The number of rotatable bonds is 5. The molecule has 0 amide bonds. The molecule has 0 atom stereocenters. The second kappa shape index (κ2) is 6.49. The van der Waals surface area contributed by atoms with Crippen molar-refractivity contribution in [1.29, 1.82) is 0 Å². The predicted octanol–water partition coefficient (Wildman–Crippen LogP) is 3.96. The smallest absolute Gasteiger partial charge is 0.261 e. The Morgan fingerprint density at radius 3 is 2.38 bits per heavy atom. The van der Waals surface area contributed by atoms with Gasteiger partial charge in [0.1, 0.15) is 5.75 Å². The molecule has 1 N–H and O–H groups in total. The second-order valence-electron chi connectivity index (χ2n) is 4.47. The summed E-state index contributed by atoms with van der Waals surface area (Å²) >= 11 is 3.39. The van der Waals surface area contributed by atoms with Crippen molar-refractivity contribution < 1.29 is 13.2 Å². The van der Waals surface area contributed by atoms with Crippen LogP contribution in [0.25, 0.3) is 0 Å². The van der Waals surface area contributed by atoms with Crippen molar-refractivity contribution in [2.45, 2.75) is 18.7 Å². The van der Waals surface area contributed by atoms with Crippen LogP contribution in [-0.2, 0) is 10.0 Å². The Kier molecular flexibility index (Phi) is 4.90. The Balaban J connectivity index is 2.23. The van der Waals surface area contributed by atoms with Crippen molar-refractivity contribution in [3.8, 4) is 5.75 Å². The zero-order valence-electron chi connectivity index (χ0n) is 11.8. The molecule has 0 saturated heterocycles. The van der Waals surface area contributed by atoms with Gasteiger partial charge in [-0.15, -0.1) is 0 Å². The molecule has 21 heavy (non-hydrogen) atoms. The molecule has 4 nitrogen and oxygen atoms in total. The van der Waals surface area contributed by atoms with Crippen LogP contribution < -0.4 is 9.46 Å². The van der Waals surface area contributed by atoms with Crippen LogP contribution in [0, 0.1) is 6.92 Å². The van der Waals surface area contributed by atoms with Gasteiger partial charge in [-0.05, 0) is 55.8 Å². The maximum atomic E-state index is 12.3. The van der Waals surface area contributed by atoms with E-state index in [-0.39, 0.29) is 4.90 Å². The largest absolute Gasteiger partial charge is 0.494 e. The lowest BCUT2D eigenvalue weighted by atomic mass is 10.2. The van der Waals surface area contributed by atoms with E-state index in [1.807, 2.05) is 19.9 Å². The van der Waals surface area contributed by atoms with Crippen LogP contribution in [0.5, 0.6) is 5.75 Å². The number of ether oxygens (including phenoxy) is 1. The third-order valence-electron chi connectivity index (χ3n) is 2.87. The zero-order valence-corrected chi connectivity index (χ0v) is 14.2. The van der Waals surface area contributed by atoms with E-state index >= 15 is 0 Å². The van der Waals surface area contributed by atoms with Crippen LogP contribution in [0.15, 0.2) is 51.8 Å². The number of halogens is 1. The molecular formula is C15H16BrNO3S. The van der Waals surface area contributed by atoms with Crippen molar-refractivity contribution >= 4 is 31.6 Å². The first kappa shape index (κ1) is 15.9. The summed E-state index contributed by atoms with van der Waals surface area (Å²) in [5, 5.41) is 0. The lowest BCUT2D eigenvalue weighted by molar-refractivity contribution is 0.340. The quantitative estimate of drug-likeness (QED) is 0.867. The molecule has 0 fully saturated rings. The molecule has 0 aliphatic rings. The van der Waals surface area contributed by atoms with E-state index in [0.29, 0.717) is 18.0 Å². The van der Waals surface area contributed by atoms with Gasteiger partial charge in [0.25, 0.3) is 10.0 Å². The Labute approximate surface area is 133 Å². The second-order valence-corrected chi connectivity index (χ2v) is 7.01. The molecule has 0 unspecified atom stereocenters. The number of anilines is 1. The molecule has 0 aromatic heterocycles. The van der Waals surface area contributed by atoms with Gasteiger partial charge in [-0.1, -0.05) is 22.0 Å². The SMILES string of the molecule is CCOc1ccc(S(=O)(=O)Nc2ccc(C)c(Br)c2)cc1. The van der Waals surface area contributed by atoms with Gasteiger partial charge in [0, 0.05) is 10.2 Å². The minimum atomic E-state index is -3.60. The molecule has 0 aliphatic carbocycles. The molecule has 0 saturated carbocycles. The number of sulfonamides is 1. The average molecular weight is 370 g/mol. The zero-order chi connectivity index (χ0) is 15.5. The highest BCUT2D eigenvalue weighted by atomic mass is 79.9. The number of benzene rings is 2. The van der Waals surface area contributed by atoms with Gasteiger partial charge in [0.15, 0.2) is 0 Å². The molecule has 0 bridgehead atoms. The number of nitrogens with one attached hydrogen (secondary N) is 1. The fourth-order valence-electron chi connectivity index (χ4n) is 1.75. The van der Waals surface area contributed by atoms with E-state index in [9.17, 15) is 8.42 Å². The maximum Gasteiger partial charge on any atom is 0.261 e. The third-order valence-corrected chi connectivity index (χ3v) is 5.12. The Morgan fingerprint density at radius 2 is 1.81 bits per heavy atom. The summed E-state index contributed by atoms with van der Waals surface area (Å²) in [6, 6.07) is 11.6. The standard InChI is InChI=1S/C15H16BrNO3S/c1-3-20-13-6-8-14(9-7-13)21(18,19)17-12-5-4-11(2)15(16)10-12/h4-10,17H,3H2,1-2H3. The minimum absolute atomic E-state index is 0.197. The third kappa shape index (κ3) is 3.98. The molecule has 0 spiro atoms. The summed E-state index contributed by atoms with van der Waals surface area (Å²) in [4.78, 5) is 0.197. The van der Waals surface area contributed by atoms with Crippen LogP contribution in [0.1, 0.15) is 12.5 Å². The van der Waals surface area contributed by atoms with E-state index in [0.717, 1.165) is 10.0 Å². The predicted molar refractivity (Wildman–Crippen MR) is 87.3 cm³/mol. The van der Waals surface area contributed by atoms with Gasteiger partial charge >= 0.3 is 0 Å². The lowest BCUT2D eigenvalue weighted by Crippen LogP contribution is -2.12. The monoisotopic (exact) mass is 369 g/mol. The summed E-state index contributed by atoms with van der Waals surface area (Å²) in [6.45, 7) is 4.36. The summed E-state index contributed by atoms with van der Waals surface area (Å²) in [7, 11) is -3.60. The lowest BCUT2D eigenvalue weighted by Gasteiger charge is -2.10. The maximum absolute atomic E-state index is 12.3. The van der Waals surface area contributed by atoms with Crippen molar-refractivity contribution in [3.63, 3.8) is 0 Å². The first-order chi connectivity index (χ1) is 9.92. The van der Waals surface area contributed by atoms with E-state index in [1.165, 1.54) is 12.1 Å². The highest BCUT2D eigenvalue weighted by Crippen LogP contribution is 2.23. The normalized spacial score (nSPS) is 11.2. The highest BCUT2D eigenvalue weighted by molar-refractivity contribution is 9.10. The van der Waals surface area contributed by atoms with Gasteiger partial charge in [0.05, 0.1) is 11.5 Å². The van der Waals surface area contributed by atoms with Gasteiger partial charge < -0.3 is 4.74 Å². The molecular weight excluding hydrogens is 354 g/mol. The van der Waals surface area contributed by atoms with Crippen molar-refractivity contribution in [2.24, 2.45) is 0 Å². The molecule has 2 aromatic rings. The van der Waals surface area contributed by atoms with Crippen molar-refractivity contribution in [2.75, 3.05) is 11.3 Å². The molecule has 0 radical (unpaired) electrons. The van der Waals surface area contributed by atoms with Gasteiger partial charge in [-0.25, -0.2) is 8.42 Å². The van der Waals surface area contributed by atoms with E-state index in [2.05, 4.69) is 20.7 Å². The van der Waals surface area contributed by atoms with E-state index < -0.39 is 10.0 Å². The minimum Gasteiger partial charge on any atom is -0.494 e.